The molecule has 1 aromatic rings. The van der Waals surface area contributed by atoms with Gasteiger partial charge in [-0.05, 0) is 62.1 Å². The van der Waals surface area contributed by atoms with Crippen molar-refractivity contribution in [3.05, 3.63) is 29.8 Å². The molecule has 2 heterocycles. The van der Waals surface area contributed by atoms with Gasteiger partial charge in [0.15, 0.2) is 0 Å². The van der Waals surface area contributed by atoms with Crippen LogP contribution in [0.2, 0.25) is 0 Å². The molecular weight excluding hydrogens is 917 g/mol. The lowest BCUT2D eigenvalue weighted by Gasteiger charge is -2.35. The molecule has 2 fully saturated rings. The van der Waals surface area contributed by atoms with E-state index in [0.29, 0.717) is 12.0 Å². The van der Waals surface area contributed by atoms with Crippen LogP contribution in [0.15, 0.2) is 24.3 Å². The molecule has 1 aromatic carbocycles. The summed E-state index contributed by atoms with van der Waals surface area (Å²) >= 11 is 0. The Labute approximate surface area is 405 Å². The highest BCUT2D eigenvalue weighted by molar-refractivity contribution is 6.00. The van der Waals surface area contributed by atoms with E-state index in [1.54, 1.807) is 27.7 Å². The molecule has 3 rings (SSSR count). The van der Waals surface area contributed by atoms with Crippen LogP contribution in [0.1, 0.15) is 98.0 Å². The number of nitrogens with two attached hydrogens (primary N) is 3. The minimum atomic E-state index is -1.84. The number of likely N-dealkylation sites (tertiary alicyclic amines) is 1. The molecule has 2 aliphatic heterocycles. The van der Waals surface area contributed by atoms with Crippen LogP contribution in [-0.4, -0.2) is 142 Å². The minimum absolute atomic E-state index is 0.0363. The van der Waals surface area contributed by atoms with Crippen molar-refractivity contribution < 1.29 is 62.6 Å². The summed E-state index contributed by atoms with van der Waals surface area (Å²) in [7, 11) is 0. The highest BCUT2D eigenvalue weighted by Crippen LogP contribution is 2.23. The quantitative estimate of drug-likeness (QED) is 0.0709. The molecule has 0 aromatic heterocycles. The number of amides is 12. The normalized spacial score (nSPS) is 23.4. The number of hydrogen-bond donors (Lipinski definition) is 12. The third kappa shape index (κ3) is 17.6. The van der Waals surface area contributed by atoms with Crippen molar-refractivity contribution in [2.75, 3.05) is 19.6 Å². The molecule has 0 radical (unpaired) electrons. The average Bonchev–Trinajstić information content (AvgIpc) is 3.78. The number of nitrogens with zero attached hydrogens (tertiary/aromatic N) is 1. The second-order valence-corrected chi connectivity index (χ2v) is 18.3. The van der Waals surface area contributed by atoms with Crippen LogP contribution in [0.4, 0.5) is 0 Å². The topological polar surface area (TPSA) is 403 Å². The van der Waals surface area contributed by atoms with E-state index in [-0.39, 0.29) is 43.9 Å². The van der Waals surface area contributed by atoms with Crippen LogP contribution in [0, 0.1) is 11.8 Å². The number of benzene rings is 1. The third-order valence-corrected chi connectivity index (χ3v) is 11.8. The first-order valence-electron chi connectivity index (χ1n) is 23.1. The molecule has 0 spiro atoms. The Morgan fingerprint density at radius 3 is 2.00 bits per heavy atom. The molecule has 8 atom stereocenters. The monoisotopic (exact) mass is 985 g/mol. The fourth-order valence-corrected chi connectivity index (χ4v) is 8.04. The molecule has 0 saturated carbocycles. The van der Waals surface area contributed by atoms with E-state index in [9.17, 15) is 62.6 Å². The summed E-state index contributed by atoms with van der Waals surface area (Å²) in [5.41, 5.74) is 15.0. The third-order valence-electron chi connectivity index (χ3n) is 11.8. The zero-order valence-corrected chi connectivity index (χ0v) is 40.1. The van der Waals surface area contributed by atoms with Crippen molar-refractivity contribution in [2.45, 2.75) is 141 Å². The Morgan fingerprint density at radius 1 is 0.786 bits per heavy atom. The van der Waals surface area contributed by atoms with Gasteiger partial charge in [0.1, 0.15) is 47.5 Å². The van der Waals surface area contributed by atoms with Crippen LogP contribution in [0.5, 0.6) is 5.75 Å². The van der Waals surface area contributed by atoms with E-state index in [2.05, 4.69) is 42.5 Å². The van der Waals surface area contributed by atoms with E-state index >= 15 is 0 Å². The fraction of sp³-hybridized carbons (Fsp3) is 0.600. The largest absolute Gasteiger partial charge is 0.508 e. The Balaban J connectivity index is 2.07. The van der Waals surface area contributed by atoms with Crippen molar-refractivity contribution in [1.82, 2.24) is 47.4 Å². The maximum Gasteiger partial charge on any atom is 0.247 e. The number of rotatable bonds is 17. The van der Waals surface area contributed by atoms with Crippen LogP contribution in [0.3, 0.4) is 0 Å². The van der Waals surface area contributed by atoms with Gasteiger partial charge < -0.3 is 69.7 Å². The lowest BCUT2D eigenvalue weighted by atomic mass is 9.89. The van der Waals surface area contributed by atoms with Crippen molar-refractivity contribution in [3.8, 4) is 5.75 Å². The first kappa shape index (κ1) is 57.0. The number of carbonyl (C=O) groups excluding carboxylic acids is 12. The highest BCUT2D eigenvalue weighted by atomic mass is 16.3. The van der Waals surface area contributed by atoms with E-state index in [0.717, 1.165) is 4.90 Å². The number of carbonyl (C=O) groups is 12. The van der Waals surface area contributed by atoms with E-state index in [1.807, 2.05) is 0 Å². The summed E-state index contributed by atoms with van der Waals surface area (Å²) in [6.45, 7) is 7.19. The van der Waals surface area contributed by atoms with Crippen LogP contribution in [-0.2, 0) is 64.0 Å². The molecule has 25 heteroatoms. The van der Waals surface area contributed by atoms with Crippen LogP contribution in [0.25, 0.3) is 0 Å². The summed E-state index contributed by atoms with van der Waals surface area (Å²) in [5, 5.41) is 29.9. The summed E-state index contributed by atoms with van der Waals surface area (Å²) < 4.78 is 0. The molecule has 15 N–H and O–H groups in total. The maximum atomic E-state index is 14.5. The predicted octanol–water partition coefficient (Wildman–Crippen LogP) is -4.03. The van der Waals surface area contributed by atoms with E-state index < -0.39 is 164 Å². The van der Waals surface area contributed by atoms with Gasteiger partial charge in [0.05, 0.1) is 13.0 Å². The maximum absolute atomic E-state index is 14.5. The van der Waals surface area contributed by atoms with Crippen molar-refractivity contribution in [3.63, 3.8) is 0 Å². The SMILES string of the molecule is CC[C@H](C)[C@@H]1NC(=O)[C@H](Cc2ccc(O)cc2)NC(=O)CCC(=O)NC[C@@H](C(=O)N2CCC[C@H]2C(=O)N[C@](C)(CC(C)C)C(=O)NCC(N)=O)NC(=O)[C@H](CC(N)=O)NC(=O)[C@H](CCC(N)=O)NC1=O. The van der Waals surface area contributed by atoms with Gasteiger partial charge in [0.25, 0.3) is 0 Å². The molecule has 25 nitrogen and oxygen atoms in total. The van der Waals surface area contributed by atoms with Crippen LogP contribution < -0.4 is 59.7 Å². The standard InChI is InChI=1S/C45H68N12O13/c1-6-24(4)37-42(68)52-27(13-14-32(46)59)38(64)53-29(19-33(47)60)39(65)54-30(21-49-35(62)15-16-36(63)51-28(40(66)55-37)18-25-9-11-26(58)12-10-25)43(69)57-17-7-8-31(57)41(67)56-45(5,20-23(2)3)44(70)50-22-34(48)61/h9-12,23-24,27-31,37,58H,6-8,13-22H2,1-5H3,(H2,46,59)(H2,47,60)(H2,48,61)(H,49,62)(H,50,70)(H,51,63)(H,52,68)(H,53,64)(H,54,65)(H,55,66)(H,56,67)/t24-,27-,28-,29-,30-,31-,37-,45+/m0/s1. The zero-order valence-electron chi connectivity index (χ0n) is 40.1. The Bertz CT molecular complexity index is 2140. The van der Waals surface area contributed by atoms with Gasteiger partial charge in [-0.25, -0.2) is 0 Å². The number of phenols is 1. The van der Waals surface area contributed by atoms with Crippen molar-refractivity contribution >= 4 is 70.9 Å². The summed E-state index contributed by atoms with van der Waals surface area (Å²) in [4.78, 5) is 162. The second kappa shape index (κ2) is 26.4. The molecule has 70 heavy (non-hydrogen) atoms. The number of aromatic hydroxyl groups is 1. The molecule has 2 saturated heterocycles. The highest BCUT2D eigenvalue weighted by Gasteiger charge is 2.43. The minimum Gasteiger partial charge on any atom is -0.508 e. The number of phenolic OH excluding ortho intramolecular Hbond substituents is 1. The average molecular weight is 985 g/mol. The summed E-state index contributed by atoms with van der Waals surface area (Å²) in [5.74, 6) is -11.6. The first-order chi connectivity index (χ1) is 32.8. The molecular formula is C45H68N12O13. The van der Waals surface area contributed by atoms with Crippen molar-refractivity contribution in [2.24, 2.45) is 29.0 Å². The van der Waals surface area contributed by atoms with Gasteiger partial charge in [-0.1, -0.05) is 46.2 Å². The summed E-state index contributed by atoms with van der Waals surface area (Å²) in [6.07, 6.45) is -2.06. The number of hydrogen-bond acceptors (Lipinski definition) is 13. The lowest BCUT2D eigenvalue weighted by molar-refractivity contribution is -0.143. The molecule has 0 aliphatic carbocycles. The van der Waals surface area contributed by atoms with Gasteiger partial charge in [0.2, 0.25) is 70.9 Å². The molecule has 0 unspecified atom stereocenters. The molecule has 386 valence electrons. The van der Waals surface area contributed by atoms with Crippen molar-refractivity contribution in [1.29, 1.82) is 0 Å². The molecule has 12 amide bonds. The van der Waals surface area contributed by atoms with Gasteiger partial charge in [-0.2, -0.15) is 0 Å². The number of primary amides is 3. The smallest absolute Gasteiger partial charge is 0.247 e. The van der Waals surface area contributed by atoms with Gasteiger partial charge >= 0.3 is 0 Å². The van der Waals surface area contributed by atoms with Gasteiger partial charge in [-0.15, -0.1) is 0 Å². The Hall–Kier alpha value is -7.34. The lowest BCUT2D eigenvalue weighted by Crippen LogP contribution is -2.63. The fourth-order valence-electron chi connectivity index (χ4n) is 8.04. The predicted molar refractivity (Wildman–Crippen MR) is 248 cm³/mol. The second-order valence-electron chi connectivity index (χ2n) is 18.3. The van der Waals surface area contributed by atoms with Gasteiger partial charge in [-0.3, -0.25) is 57.5 Å². The van der Waals surface area contributed by atoms with E-state index in [4.69, 9.17) is 17.2 Å². The van der Waals surface area contributed by atoms with E-state index in [1.165, 1.54) is 31.2 Å². The molecule has 0 bridgehead atoms. The van der Waals surface area contributed by atoms with Crippen LogP contribution >= 0.6 is 0 Å². The number of nitrogens with one attached hydrogen (secondary N) is 8. The zero-order chi connectivity index (χ0) is 52.5. The molecule has 2 aliphatic rings. The summed E-state index contributed by atoms with van der Waals surface area (Å²) in [6, 6.07) is -3.33. The Kier molecular flexibility index (Phi) is 21.5. The Morgan fingerprint density at radius 2 is 1.40 bits per heavy atom. The van der Waals surface area contributed by atoms with Gasteiger partial charge in [0, 0.05) is 38.8 Å². The first-order valence-corrected chi connectivity index (χ1v) is 23.1.